The largest absolute Gasteiger partial charge is 0.481 e. The van der Waals surface area contributed by atoms with Gasteiger partial charge in [0, 0.05) is 7.11 Å². The van der Waals surface area contributed by atoms with Crippen LogP contribution in [-0.2, 0) is 14.3 Å². The summed E-state index contributed by atoms with van der Waals surface area (Å²) in [4.78, 5) is 23.2. The normalized spacial score (nSPS) is 37.7. The molecule has 0 amide bonds. The van der Waals surface area contributed by atoms with Gasteiger partial charge in [-0.15, -0.1) is 0 Å². The molecule has 0 radical (unpaired) electrons. The molecule has 4 rings (SSSR count). The zero-order valence-corrected chi connectivity index (χ0v) is 22.6. The van der Waals surface area contributed by atoms with Crippen molar-refractivity contribution in [2.75, 3.05) is 7.11 Å². The molecule has 11 nitrogen and oxygen atoms in total. The molecule has 0 spiro atoms. The van der Waals surface area contributed by atoms with E-state index in [0.29, 0.717) is 44.6 Å². The van der Waals surface area contributed by atoms with Crippen molar-refractivity contribution in [2.45, 2.75) is 139 Å². The maximum absolute atomic E-state index is 12.0. The fourth-order valence-electron chi connectivity index (χ4n) is 6.41. The number of nitrogens with zero attached hydrogens (tertiary/aromatic N) is 6. The molecule has 212 valence electrons. The first-order valence-corrected chi connectivity index (χ1v) is 14.6. The van der Waals surface area contributed by atoms with Crippen molar-refractivity contribution in [1.82, 2.24) is 0 Å². The standard InChI is InChI=1S/C27H44N6O5/c1-38-25-16-21(30-28-18-5-3-2-4-6-18)12-14-24(25)33-31-20-11-13-23(22(15-20)27(36)37)32-29-19-9-7-17(8-10-19)26(34)35/h17-25H,2-16H2,1H3,(H,34,35)(H,36,37). The molecule has 6 unspecified atom stereocenters. The Balaban J connectivity index is 1.26. The van der Waals surface area contributed by atoms with Crippen LogP contribution in [0.25, 0.3) is 0 Å². The Morgan fingerprint density at radius 2 is 1.11 bits per heavy atom. The van der Waals surface area contributed by atoms with Gasteiger partial charge in [0.1, 0.15) is 0 Å². The van der Waals surface area contributed by atoms with Crippen molar-refractivity contribution in [2.24, 2.45) is 42.5 Å². The van der Waals surface area contributed by atoms with Gasteiger partial charge in [-0.1, -0.05) is 19.3 Å². The maximum Gasteiger partial charge on any atom is 0.308 e. The third-order valence-corrected chi connectivity index (χ3v) is 8.91. The van der Waals surface area contributed by atoms with Gasteiger partial charge in [0.2, 0.25) is 0 Å². The lowest BCUT2D eigenvalue weighted by molar-refractivity contribution is -0.144. The Hall–Kier alpha value is -2.30. The highest BCUT2D eigenvalue weighted by atomic mass is 16.5. The Labute approximate surface area is 225 Å². The zero-order valence-electron chi connectivity index (χ0n) is 22.6. The second-order valence-electron chi connectivity index (χ2n) is 11.6. The average molecular weight is 533 g/mol. The van der Waals surface area contributed by atoms with Gasteiger partial charge in [0.15, 0.2) is 0 Å². The molecule has 38 heavy (non-hydrogen) atoms. The number of ether oxygens (including phenoxy) is 1. The molecule has 4 aliphatic rings. The number of hydrogen-bond donors (Lipinski definition) is 2. The highest BCUT2D eigenvalue weighted by Crippen LogP contribution is 2.33. The predicted octanol–water partition coefficient (Wildman–Crippen LogP) is 5.88. The van der Waals surface area contributed by atoms with Gasteiger partial charge in [-0.05, 0) is 77.0 Å². The van der Waals surface area contributed by atoms with Crippen LogP contribution >= 0.6 is 0 Å². The van der Waals surface area contributed by atoms with Gasteiger partial charge >= 0.3 is 11.9 Å². The summed E-state index contributed by atoms with van der Waals surface area (Å²) in [6, 6.07) is -0.0122. The first-order valence-electron chi connectivity index (χ1n) is 14.6. The van der Waals surface area contributed by atoms with Gasteiger partial charge in [-0.3, -0.25) is 9.59 Å². The van der Waals surface area contributed by atoms with Gasteiger partial charge in [0.25, 0.3) is 0 Å². The third-order valence-electron chi connectivity index (χ3n) is 8.91. The molecule has 0 aromatic heterocycles. The maximum atomic E-state index is 12.0. The van der Waals surface area contributed by atoms with Crippen LogP contribution in [-0.4, -0.2) is 71.6 Å². The summed E-state index contributed by atoms with van der Waals surface area (Å²) < 4.78 is 5.74. The SMILES string of the molecule is COC1CC(N=NC2CCCCC2)CCC1N=NC1CCC(N=NC2CCC(C(=O)O)CC2)C(C(=O)O)C1. The summed E-state index contributed by atoms with van der Waals surface area (Å²) in [5, 5.41) is 46.4. The van der Waals surface area contributed by atoms with Crippen molar-refractivity contribution < 1.29 is 24.5 Å². The Bertz CT molecular complexity index is 868. The molecule has 0 bridgehead atoms. The predicted molar refractivity (Wildman–Crippen MR) is 140 cm³/mol. The molecule has 0 heterocycles. The molecular formula is C27H44N6O5. The number of rotatable bonds is 9. The average Bonchev–Trinajstić information content (AvgIpc) is 2.95. The summed E-state index contributed by atoms with van der Waals surface area (Å²) in [5.41, 5.74) is 0. The first-order chi connectivity index (χ1) is 18.4. The summed E-state index contributed by atoms with van der Waals surface area (Å²) in [7, 11) is 1.71. The lowest BCUT2D eigenvalue weighted by Crippen LogP contribution is -2.37. The summed E-state index contributed by atoms with van der Waals surface area (Å²) in [5.74, 6) is -2.56. The van der Waals surface area contributed by atoms with Crippen LogP contribution in [0.5, 0.6) is 0 Å². The quantitative estimate of drug-likeness (QED) is 0.354. The molecule has 4 saturated carbocycles. The number of azo groups is 3. The monoisotopic (exact) mass is 532 g/mol. The van der Waals surface area contributed by atoms with Crippen LogP contribution in [0, 0.1) is 11.8 Å². The fraction of sp³-hybridized carbons (Fsp3) is 0.926. The minimum absolute atomic E-state index is 0.0132. The minimum atomic E-state index is -0.873. The number of aliphatic carboxylic acids is 2. The van der Waals surface area contributed by atoms with E-state index in [0.717, 1.165) is 38.5 Å². The third kappa shape index (κ3) is 8.10. The second-order valence-corrected chi connectivity index (χ2v) is 11.6. The molecular weight excluding hydrogens is 488 g/mol. The lowest BCUT2D eigenvalue weighted by atomic mass is 9.82. The minimum Gasteiger partial charge on any atom is -0.481 e. The fourth-order valence-corrected chi connectivity index (χ4v) is 6.41. The second kappa shape index (κ2) is 14.2. The van der Waals surface area contributed by atoms with Crippen LogP contribution < -0.4 is 0 Å². The van der Waals surface area contributed by atoms with Gasteiger partial charge in [-0.2, -0.15) is 30.7 Å². The Morgan fingerprint density at radius 3 is 1.76 bits per heavy atom. The molecule has 0 aromatic carbocycles. The van der Waals surface area contributed by atoms with E-state index in [1.165, 1.54) is 19.3 Å². The molecule has 0 saturated heterocycles. The lowest BCUT2D eigenvalue weighted by Gasteiger charge is -2.32. The van der Waals surface area contributed by atoms with E-state index in [2.05, 4.69) is 30.7 Å². The van der Waals surface area contributed by atoms with Gasteiger partial charge in [0.05, 0.1) is 54.2 Å². The topological polar surface area (TPSA) is 158 Å². The summed E-state index contributed by atoms with van der Waals surface area (Å²) in [6.07, 6.45) is 12.9. The van der Waals surface area contributed by atoms with Crippen molar-refractivity contribution in [1.29, 1.82) is 0 Å². The van der Waals surface area contributed by atoms with Crippen LogP contribution in [0.15, 0.2) is 30.7 Å². The van der Waals surface area contributed by atoms with Crippen LogP contribution in [0.3, 0.4) is 0 Å². The summed E-state index contributed by atoms with van der Waals surface area (Å²) in [6.45, 7) is 0. The highest BCUT2D eigenvalue weighted by molar-refractivity contribution is 5.71. The highest BCUT2D eigenvalue weighted by Gasteiger charge is 2.37. The van der Waals surface area contributed by atoms with E-state index in [9.17, 15) is 14.7 Å². The molecule has 6 atom stereocenters. The van der Waals surface area contributed by atoms with Crippen LogP contribution in [0.2, 0.25) is 0 Å². The molecule has 0 aliphatic heterocycles. The molecule has 11 heteroatoms. The molecule has 4 aliphatic carbocycles. The van der Waals surface area contributed by atoms with Crippen molar-refractivity contribution in [3.63, 3.8) is 0 Å². The number of methoxy groups -OCH3 is 1. The number of carboxylic acids is 2. The summed E-state index contributed by atoms with van der Waals surface area (Å²) >= 11 is 0. The van der Waals surface area contributed by atoms with E-state index < -0.39 is 17.9 Å². The van der Waals surface area contributed by atoms with E-state index in [4.69, 9.17) is 9.84 Å². The van der Waals surface area contributed by atoms with Crippen LogP contribution in [0.4, 0.5) is 0 Å². The van der Waals surface area contributed by atoms with E-state index in [1.807, 2.05) is 0 Å². The van der Waals surface area contributed by atoms with E-state index >= 15 is 0 Å². The van der Waals surface area contributed by atoms with Crippen LogP contribution in [0.1, 0.15) is 96.3 Å². The molecule has 0 aromatic rings. The van der Waals surface area contributed by atoms with E-state index in [-0.39, 0.29) is 42.2 Å². The Kier molecular flexibility index (Phi) is 10.7. The molecule has 2 N–H and O–H groups in total. The van der Waals surface area contributed by atoms with Gasteiger partial charge in [-0.25, -0.2) is 0 Å². The number of hydrogen-bond acceptors (Lipinski definition) is 9. The van der Waals surface area contributed by atoms with Crippen molar-refractivity contribution >= 4 is 11.9 Å². The Morgan fingerprint density at radius 1 is 0.579 bits per heavy atom. The van der Waals surface area contributed by atoms with Crippen molar-refractivity contribution in [3.05, 3.63) is 0 Å². The number of carbonyl (C=O) groups is 2. The zero-order chi connectivity index (χ0) is 26.9. The first kappa shape index (κ1) is 28.7. The van der Waals surface area contributed by atoms with Gasteiger partial charge < -0.3 is 14.9 Å². The van der Waals surface area contributed by atoms with E-state index in [1.54, 1.807) is 7.11 Å². The smallest absolute Gasteiger partial charge is 0.308 e. The van der Waals surface area contributed by atoms with Crippen molar-refractivity contribution in [3.8, 4) is 0 Å². The number of carboxylic acid groups (broad SMARTS) is 2. The molecule has 4 fully saturated rings.